The summed E-state index contributed by atoms with van der Waals surface area (Å²) in [5, 5.41) is 19.6. The first-order valence-electron chi connectivity index (χ1n) is 8.46. The Bertz CT molecular complexity index is 802. The van der Waals surface area contributed by atoms with Crippen LogP contribution in [0, 0.1) is 12.3 Å². The van der Waals surface area contributed by atoms with Crippen LogP contribution in [0.4, 0.5) is 9.93 Å². The second-order valence-electron chi connectivity index (χ2n) is 7.57. The topological polar surface area (TPSA) is 78.8 Å². The van der Waals surface area contributed by atoms with E-state index in [0.29, 0.717) is 10.1 Å². The van der Waals surface area contributed by atoms with Crippen LogP contribution in [0.1, 0.15) is 37.4 Å². The van der Waals surface area contributed by atoms with Crippen molar-refractivity contribution in [3.8, 4) is 5.75 Å². The molecule has 3 rings (SSSR count). The van der Waals surface area contributed by atoms with E-state index in [-0.39, 0.29) is 24.1 Å². The van der Waals surface area contributed by atoms with Gasteiger partial charge in [0.25, 0.3) is 0 Å². The molecule has 2 unspecified atom stereocenters. The molecule has 1 aliphatic heterocycles. The zero-order valence-electron chi connectivity index (χ0n) is 15.6. The molecular weight excluding hydrogens is 352 g/mol. The summed E-state index contributed by atoms with van der Waals surface area (Å²) in [4.78, 5) is 15.0. The number of anilines is 1. The standard InChI is InChI=1S/C18H24N4O3S/c1-11-8-6-7-9-12(11)25-14(18(2,3)4)15-19-20-16(26-15)22-13(23)10-21(5)17(22)24/h6-9,13-14,23H,10H2,1-5H3. The molecule has 1 aromatic heterocycles. The molecule has 0 saturated carbocycles. The maximum Gasteiger partial charge on any atom is 0.328 e. The average Bonchev–Trinajstić information content (AvgIpc) is 3.10. The van der Waals surface area contributed by atoms with Crippen LogP contribution in [0.2, 0.25) is 0 Å². The van der Waals surface area contributed by atoms with Gasteiger partial charge in [-0.25, -0.2) is 9.69 Å². The number of aliphatic hydroxyl groups is 1. The first-order valence-corrected chi connectivity index (χ1v) is 9.28. The lowest BCUT2D eigenvalue weighted by Crippen LogP contribution is -2.34. The van der Waals surface area contributed by atoms with Gasteiger partial charge in [-0.1, -0.05) is 50.3 Å². The Kier molecular flexibility index (Phi) is 4.90. The molecule has 2 aromatic rings. The van der Waals surface area contributed by atoms with Gasteiger partial charge < -0.3 is 14.7 Å². The first-order chi connectivity index (χ1) is 12.2. The smallest absolute Gasteiger partial charge is 0.328 e. The normalized spacial score (nSPS) is 19.2. The summed E-state index contributed by atoms with van der Waals surface area (Å²) in [7, 11) is 1.65. The number of likely N-dealkylation sites (N-methyl/N-ethyl adjacent to an activating group) is 1. The number of urea groups is 1. The Morgan fingerprint density at radius 1 is 1.31 bits per heavy atom. The molecule has 7 nitrogen and oxygen atoms in total. The lowest BCUT2D eigenvalue weighted by Gasteiger charge is -2.29. The molecule has 2 amide bonds. The van der Waals surface area contributed by atoms with Crippen molar-refractivity contribution in [3.05, 3.63) is 34.8 Å². The Labute approximate surface area is 157 Å². The minimum atomic E-state index is -0.918. The van der Waals surface area contributed by atoms with Crippen LogP contribution in [0.15, 0.2) is 24.3 Å². The zero-order chi connectivity index (χ0) is 19.1. The molecular formula is C18H24N4O3S. The minimum absolute atomic E-state index is 0.233. The number of carbonyl (C=O) groups excluding carboxylic acids is 1. The number of aryl methyl sites for hydroxylation is 1. The van der Waals surface area contributed by atoms with Crippen molar-refractivity contribution in [2.24, 2.45) is 5.41 Å². The molecule has 0 bridgehead atoms. The number of nitrogens with zero attached hydrogens (tertiary/aromatic N) is 4. The molecule has 1 aromatic carbocycles. The van der Waals surface area contributed by atoms with Gasteiger partial charge in [-0.2, -0.15) is 0 Å². The number of β-amino-alcohol motifs (C(OH)–C–C–N with tert-alkyl or cyclic N) is 1. The predicted molar refractivity (Wildman–Crippen MR) is 100 cm³/mol. The van der Waals surface area contributed by atoms with Gasteiger partial charge >= 0.3 is 6.03 Å². The van der Waals surface area contributed by atoms with Crippen LogP contribution in [0.3, 0.4) is 0 Å². The van der Waals surface area contributed by atoms with E-state index in [1.165, 1.54) is 21.1 Å². The summed E-state index contributed by atoms with van der Waals surface area (Å²) in [6, 6.07) is 7.54. The van der Waals surface area contributed by atoms with Gasteiger partial charge in [0.05, 0.1) is 6.54 Å². The summed E-state index contributed by atoms with van der Waals surface area (Å²) in [6.45, 7) is 8.45. The molecule has 0 spiro atoms. The summed E-state index contributed by atoms with van der Waals surface area (Å²) in [6.07, 6.45) is -1.25. The van der Waals surface area contributed by atoms with E-state index < -0.39 is 6.23 Å². The van der Waals surface area contributed by atoms with Gasteiger partial charge in [-0.3, -0.25) is 0 Å². The fourth-order valence-corrected chi connectivity index (χ4v) is 3.93. The third-order valence-corrected chi connectivity index (χ3v) is 5.22. The van der Waals surface area contributed by atoms with Crippen LogP contribution in [0.25, 0.3) is 0 Å². The highest BCUT2D eigenvalue weighted by Gasteiger charge is 2.39. The molecule has 2 heterocycles. The Balaban J connectivity index is 1.91. The fraction of sp³-hybridized carbons (Fsp3) is 0.500. The molecule has 26 heavy (non-hydrogen) atoms. The number of amides is 2. The highest BCUT2D eigenvalue weighted by molar-refractivity contribution is 7.15. The largest absolute Gasteiger partial charge is 0.482 e. The highest BCUT2D eigenvalue weighted by atomic mass is 32.1. The summed E-state index contributed by atoms with van der Waals surface area (Å²) in [5.74, 6) is 0.793. The van der Waals surface area contributed by atoms with Crippen LogP contribution < -0.4 is 9.64 Å². The van der Waals surface area contributed by atoms with Gasteiger partial charge in [0.2, 0.25) is 5.13 Å². The number of carbonyl (C=O) groups is 1. The van der Waals surface area contributed by atoms with Crippen LogP contribution in [0.5, 0.6) is 5.75 Å². The third kappa shape index (κ3) is 3.52. The van der Waals surface area contributed by atoms with E-state index >= 15 is 0 Å². The monoisotopic (exact) mass is 376 g/mol. The van der Waals surface area contributed by atoms with E-state index in [1.807, 2.05) is 31.2 Å². The van der Waals surface area contributed by atoms with Gasteiger partial charge in [0, 0.05) is 12.5 Å². The summed E-state index contributed by atoms with van der Waals surface area (Å²) in [5.41, 5.74) is 0.807. The van der Waals surface area contributed by atoms with Crippen molar-refractivity contribution in [2.75, 3.05) is 18.5 Å². The van der Waals surface area contributed by atoms with Crippen molar-refractivity contribution >= 4 is 22.5 Å². The Morgan fingerprint density at radius 2 is 2.00 bits per heavy atom. The maximum absolute atomic E-state index is 12.2. The molecule has 140 valence electrons. The Hall–Kier alpha value is -2.19. The van der Waals surface area contributed by atoms with E-state index in [4.69, 9.17) is 4.74 Å². The van der Waals surface area contributed by atoms with Crippen molar-refractivity contribution < 1.29 is 14.6 Å². The molecule has 1 N–H and O–H groups in total. The second-order valence-corrected chi connectivity index (χ2v) is 8.55. The SMILES string of the molecule is Cc1ccccc1OC(c1nnc(N2C(=O)N(C)CC2O)s1)C(C)(C)C. The van der Waals surface area contributed by atoms with Crippen molar-refractivity contribution in [1.29, 1.82) is 0 Å². The van der Waals surface area contributed by atoms with E-state index in [0.717, 1.165) is 11.3 Å². The average molecular weight is 376 g/mol. The number of hydrogen-bond donors (Lipinski definition) is 1. The van der Waals surface area contributed by atoms with Crippen LogP contribution in [-0.2, 0) is 0 Å². The number of benzene rings is 1. The van der Waals surface area contributed by atoms with Crippen molar-refractivity contribution in [1.82, 2.24) is 15.1 Å². The number of rotatable bonds is 4. The third-order valence-electron chi connectivity index (χ3n) is 4.25. The second kappa shape index (κ2) is 6.85. The van der Waals surface area contributed by atoms with Gasteiger partial charge in [0.1, 0.15) is 5.75 Å². The lowest BCUT2D eigenvalue weighted by atomic mass is 9.89. The van der Waals surface area contributed by atoms with Gasteiger partial charge in [-0.05, 0) is 18.6 Å². The lowest BCUT2D eigenvalue weighted by molar-refractivity contribution is 0.0852. The Morgan fingerprint density at radius 3 is 2.58 bits per heavy atom. The maximum atomic E-state index is 12.2. The number of ether oxygens (including phenoxy) is 1. The first kappa shape index (κ1) is 18.6. The fourth-order valence-electron chi connectivity index (χ4n) is 2.77. The number of aromatic nitrogens is 2. The molecule has 1 fully saturated rings. The molecule has 2 atom stereocenters. The number of aliphatic hydroxyl groups excluding tert-OH is 1. The van der Waals surface area contributed by atoms with E-state index in [1.54, 1.807) is 7.05 Å². The van der Waals surface area contributed by atoms with Crippen LogP contribution in [-0.4, -0.2) is 46.1 Å². The van der Waals surface area contributed by atoms with Crippen LogP contribution >= 0.6 is 11.3 Å². The minimum Gasteiger partial charge on any atom is -0.482 e. The van der Waals surface area contributed by atoms with E-state index in [9.17, 15) is 9.90 Å². The quantitative estimate of drug-likeness (QED) is 0.886. The van der Waals surface area contributed by atoms with Gasteiger partial charge in [-0.15, -0.1) is 10.2 Å². The summed E-state index contributed by atoms with van der Waals surface area (Å²) >= 11 is 1.27. The number of hydrogen-bond acceptors (Lipinski definition) is 6. The number of para-hydroxylation sites is 1. The van der Waals surface area contributed by atoms with Crippen molar-refractivity contribution in [2.45, 2.75) is 40.0 Å². The molecule has 1 saturated heterocycles. The van der Waals surface area contributed by atoms with Crippen molar-refractivity contribution in [3.63, 3.8) is 0 Å². The molecule has 8 heteroatoms. The van der Waals surface area contributed by atoms with E-state index in [2.05, 4.69) is 31.0 Å². The molecule has 1 aliphatic rings. The predicted octanol–water partition coefficient (Wildman–Crippen LogP) is 3.20. The summed E-state index contributed by atoms with van der Waals surface area (Å²) < 4.78 is 6.28. The zero-order valence-corrected chi connectivity index (χ0v) is 16.4. The molecule has 0 radical (unpaired) electrons. The van der Waals surface area contributed by atoms with Gasteiger partial charge in [0.15, 0.2) is 17.3 Å². The highest BCUT2D eigenvalue weighted by Crippen LogP contribution is 2.40. The molecule has 0 aliphatic carbocycles.